The van der Waals surface area contributed by atoms with Crippen molar-refractivity contribution in [3.63, 3.8) is 0 Å². The summed E-state index contributed by atoms with van der Waals surface area (Å²) in [5.74, 6) is 0. The molecule has 246 valence electrons. The van der Waals surface area contributed by atoms with E-state index in [2.05, 4.69) is 52.8 Å². The average Bonchev–Trinajstić information content (AvgIpc) is 2.97. The van der Waals surface area contributed by atoms with Crippen molar-refractivity contribution in [2.24, 2.45) is 5.41 Å². The van der Waals surface area contributed by atoms with E-state index in [-0.39, 0.29) is 15.9 Å². The van der Waals surface area contributed by atoms with Gasteiger partial charge in [-0.2, -0.15) is 0 Å². The maximum atomic E-state index is 10.7. The van der Waals surface area contributed by atoms with Crippen molar-refractivity contribution in [2.45, 2.75) is 53.9 Å². The van der Waals surface area contributed by atoms with Crippen LogP contribution in [0, 0.1) is 5.41 Å². The maximum Gasteiger partial charge on any atom is 0.317 e. The average molecular weight is 734 g/mol. The third-order valence-corrected chi connectivity index (χ3v) is 11.3. The van der Waals surface area contributed by atoms with E-state index in [9.17, 15) is 13.7 Å². The molecule has 1 aliphatic carbocycles. The second kappa shape index (κ2) is 19.2. The molecule has 12 heteroatoms. The molecular formula is C33H42Cl3O6P3. The van der Waals surface area contributed by atoms with Crippen LogP contribution in [0.4, 0.5) is 0 Å². The van der Waals surface area contributed by atoms with Gasteiger partial charge >= 0.3 is 20.2 Å². The van der Waals surface area contributed by atoms with Crippen LogP contribution in [0.2, 0.25) is 0 Å². The van der Waals surface area contributed by atoms with Crippen LogP contribution in [0.15, 0.2) is 126 Å². The van der Waals surface area contributed by atoms with Crippen molar-refractivity contribution in [1.29, 1.82) is 0 Å². The molecular weight excluding hydrogens is 692 g/mol. The Kier molecular flexibility index (Phi) is 17.7. The lowest BCUT2D eigenvalue weighted by Crippen LogP contribution is -2.19. The molecule has 0 bridgehead atoms. The van der Waals surface area contributed by atoms with Crippen LogP contribution in [0.25, 0.3) is 0 Å². The quantitative estimate of drug-likeness (QED) is 0.178. The molecule has 0 aromatic heterocycles. The van der Waals surface area contributed by atoms with E-state index in [1.165, 1.54) is 61.2 Å². The number of hydrogen-bond donors (Lipinski definition) is 3. The minimum atomic E-state index is -3.55. The first-order chi connectivity index (χ1) is 20.8. The largest absolute Gasteiger partial charge is 0.330 e. The molecule has 0 heterocycles. The molecule has 0 amide bonds. The summed E-state index contributed by atoms with van der Waals surface area (Å²) in [6.45, 7) is 0.614. The molecule has 6 nitrogen and oxygen atoms in total. The summed E-state index contributed by atoms with van der Waals surface area (Å²) >= 11 is 15.5. The minimum absolute atomic E-state index is 0.275. The second-order valence-electron chi connectivity index (χ2n) is 10.8. The van der Waals surface area contributed by atoms with Crippen molar-refractivity contribution in [2.75, 3.05) is 0 Å². The fraction of sp³-hybridized carbons (Fsp3) is 0.273. The SMILES string of the molecule is C/C=C(C)/C=C/C1=C(C)CCCC1(C)C.O=P(O)(Cl)c1ccccc1.O=P(O)(Cl)c1ccccc1.O=P(O)(Cl)c1ccccc1. The number of hydrogen-bond acceptors (Lipinski definition) is 3. The smallest absolute Gasteiger partial charge is 0.317 e. The summed E-state index contributed by atoms with van der Waals surface area (Å²) in [6, 6.07) is 24.4. The highest BCUT2D eigenvalue weighted by molar-refractivity contribution is 7.91. The molecule has 4 rings (SSSR count). The Labute approximate surface area is 282 Å². The van der Waals surface area contributed by atoms with E-state index in [0.29, 0.717) is 5.41 Å². The lowest BCUT2D eigenvalue weighted by molar-refractivity contribution is 0.377. The Morgan fingerprint density at radius 3 is 1.29 bits per heavy atom. The molecule has 0 saturated heterocycles. The van der Waals surface area contributed by atoms with Crippen LogP contribution in [-0.2, 0) is 13.7 Å². The molecule has 1 aliphatic rings. The first-order valence-corrected chi connectivity index (χ1v) is 21.7. The van der Waals surface area contributed by atoms with Gasteiger partial charge in [-0.3, -0.25) is 13.7 Å². The first-order valence-electron chi connectivity index (χ1n) is 14.0. The van der Waals surface area contributed by atoms with Crippen LogP contribution in [0.5, 0.6) is 0 Å². The van der Waals surface area contributed by atoms with Gasteiger partial charge in [0, 0.05) is 0 Å². The van der Waals surface area contributed by atoms with E-state index in [1.807, 2.05) is 0 Å². The Bertz CT molecular complexity index is 1420. The van der Waals surface area contributed by atoms with Gasteiger partial charge in [0.2, 0.25) is 0 Å². The van der Waals surface area contributed by atoms with Gasteiger partial charge in [-0.05, 0) is 121 Å². The van der Waals surface area contributed by atoms with Gasteiger partial charge in [0.15, 0.2) is 0 Å². The topological polar surface area (TPSA) is 112 Å². The van der Waals surface area contributed by atoms with Gasteiger partial charge < -0.3 is 14.7 Å². The molecule has 3 atom stereocenters. The monoisotopic (exact) mass is 732 g/mol. The van der Waals surface area contributed by atoms with Gasteiger partial charge in [-0.15, -0.1) is 0 Å². The minimum Gasteiger partial charge on any atom is -0.330 e. The number of halogens is 3. The van der Waals surface area contributed by atoms with E-state index < -0.39 is 20.2 Å². The molecule has 45 heavy (non-hydrogen) atoms. The van der Waals surface area contributed by atoms with Crippen LogP contribution >= 0.6 is 53.9 Å². The Hall–Kier alpha value is -1.68. The molecule has 3 unspecified atom stereocenters. The Morgan fingerprint density at radius 2 is 1.04 bits per heavy atom. The molecule has 0 saturated carbocycles. The summed E-state index contributed by atoms with van der Waals surface area (Å²) in [5, 5.41) is 0.824. The molecule has 0 radical (unpaired) electrons. The second-order valence-corrected chi connectivity index (χ2v) is 19.5. The third-order valence-electron chi connectivity index (χ3n) is 6.73. The molecule has 0 spiro atoms. The highest BCUT2D eigenvalue weighted by atomic mass is 35.7. The normalized spacial score (nSPS) is 18.3. The summed E-state index contributed by atoms with van der Waals surface area (Å²) in [4.78, 5) is 26.4. The van der Waals surface area contributed by atoms with E-state index >= 15 is 0 Å². The number of rotatable bonds is 5. The van der Waals surface area contributed by atoms with Gasteiger partial charge in [-0.25, -0.2) is 0 Å². The Balaban J connectivity index is 0.000000305. The lowest BCUT2D eigenvalue weighted by atomic mass is 9.72. The van der Waals surface area contributed by atoms with Crippen molar-refractivity contribution in [3.05, 3.63) is 126 Å². The molecule has 0 fully saturated rings. The predicted octanol–water partition coefficient (Wildman–Crippen LogP) is 10.2. The van der Waals surface area contributed by atoms with Crippen molar-refractivity contribution < 1.29 is 28.4 Å². The number of benzene rings is 3. The maximum absolute atomic E-state index is 10.7. The van der Waals surface area contributed by atoms with Crippen molar-refractivity contribution in [1.82, 2.24) is 0 Å². The zero-order chi connectivity index (χ0) is 34.3. The van der Waals surface area contributed by atoms with Crippen molar-refractivity contribution >= 4 is 69.8 Å². The Morgan fingerprint density at radius 1 is 0.711 bits per heavy atom. The highest BCUT2D eigenvalue weighted by Gasteiger charge is 2.26. The van der Waals surface area contributed by atoms with Crippen molar-refractivity contribution in [3.8, 4) is 0 Å². The lowest BCUT2D eigenvalue weighted by Gasteiger charge is -2.32. The fourth-order valence-corrected chi connectivity index (χ4v) is 6.79. The summed E-state index contributed by atoms with van der Waals surface area (Å²) in [5.41, 5.74) is 4.84. The van der Waals surface area contributed by atoms with Gasteiger partial charge in [-0.1, -0.05) is 97.8 Å². The predicted molar refractivity (Wildman–Crippen MR) is 194 cm³/mol. The summed E-state index contributed by atoms with van der Waals surface area (Å²) in [6.07, 6.45) is 10.7. The van der Waals surface area contributed by atoms with E-state index in [0.717, 1.165) is 0 Å². The molecule has 3 aromatic rings. The molecule has 0 aliphatic heterocycles. The van der Waals surface area contributed by atoms with Gasteiger partial charge in [0.1, 0.15) is 0 Å². The van der Waals surface area contributed by atoms with Crippen LogP contribution < -0.4 is 15.9 Å². The van der Waals surface area contributed by atoms with E-state index in [1.54, 1.807) is 65.7 Å². The third kappa shape index (κ3) is 16.6. The molecule has 3 aromatic carbocycles. The zero-order valence-corrected chi connectivity index (χ0v) is 31.0. The molecule has 3 N–H and O–H groups in total. The highest BCUT2D eigenvalue weighted by Crippen LogP contribution is 2.45. The fourth-order valence-electron chi connectivity index (χ4n) is 4.16. The van der Waals surface area contributed by atoms with E-state index in [4.69, 9.17) is 48.4 Å². The summed E-state index contributed by atoms with van der Waals surface area (Å²) in [7, 11) is 0. The first kappa shape index (κ1) is 41.3. The van der Waals surface area contributed by atoms with Crippen LogP contribution in [0.1, 0.15) is 53.9 Å². The standard InChI is InChI=1S/C15H24.3C6H6ClO2P/c1-6-12(2)9-10-14-13(3)8-7-11-15(14,4)5;3*7-10(8,9)6-4-2-1-3-5-6/h6,9-10H,7-8,11H2,1-5H3;3*1-5H,(H,8,9)/b10-9+,12-6+;;;. The van der Waals surface area contributed by atoms with Gasteiger partial charge in [0.25, 0.3) is 0 Å². The van der Waals surface area contributed by atoms with Crippen LogP contribution in [-0.4, -0.2) is 14.7 Å². The zero-order valence-electron chi connectivity index (χ0n) is 26.1. The van der Waals surface area contributed by atoms with Crippen LogP contribution in [0.3, 0.4) is 0 Å². The number of allylic oxidation sites excluding steroid dienone is 6. The van der Waals surface area contributed by atoms with Gasteiger partial charge in [0.05, 0.1) is 15.9 Å². The summed E-state index contributed by atoms with van der Waals surface area (Å²) < 4.78 is 32.2.